The van der Waals surface area contributed by atoms with Crippen molar-refractivity contribution in [2.45, 2.75) is 46.2 Å². The number of nitrogens with two attached hydrogens (primary N) is 1. The van der Waals surface area contributed by atoms with Crippen molar-refractivity contribution in [3.63, 3.8) is 0 Å². The SMILES string of the molecule is C[C@H]1CC[C@@H](Nc2c(C(N)=O)cnn3cc(NCc4ccccc4)cc23)C1(C)C. The van der Waals surface area contributed by atoms with Crippen molar-refractivity contribution in [2.75, 3.05) is 10.6 Å². The third-order valence-electron chi connectivity index (χ3n) is 6.62. The zero-order valence-corrected chi connectivity index (χ0v) is 17.3. The Balaban J connectivity index is 1.66. The Hall–Kier alpha value is -3.02. The lowest BCUT2D eigenvalue weighted by atomic mass is 9.80. The first kappa shape index (κ1) is 19.3. The number of amides is 1. The van der Waals surface area contributed by atoms with E-state index in [2.05, 4.69) is 48.6 Å². The number of benzene rings is 1. The summed E-state index contributed by atoms with van der Waals surface area (Å²) in [4.78, 5) is 12.1. The molecule has 3 aromatic rings. The Labute approximate surface area is 171 Å². The smallest absolute Gasteiger partial charge is 0.252 e. The van der Waals surface area contributed by atoms with E-state index >= 15 is 0 Å². The molecule has 0 unspecified atom stereocenters. The number of nitrogens with zero attached hydrogens (tertiary/aromatic N) is 2. The number of nitrogens with one attached hydrogen (secondary N) is 2. The third-order valence-corrected chi connectivity index (χ3v) is 6.62. The topological polar surface area (TPSA) is 84.4 Å². The van der Waals surface area contributed by atoms with Crippen molar-refractivity contribution in [2.24, 2.45) is 17.1 Å². The molecule has 1 amide bonds. The molecule has 1 fully saturated rings. The van der Waals surface area contributed by atoms with Gasteiger partial charge < -0.3 is 16.4 Å². The first-order valence-electron chi connectivity index (χ1n) is 10.2. The molecule has 6 nitrogen and oxygen atoms in total. The van der Waals surface area contributed by atoms with Gasteiger partial charge >= 0.3 is 0 Å². The number of primary amides is 1. The van der Waals surface area contributed by atoms with Gasteiger partial charge in [0, 0.05) is 12.6 Å². The van der Waals surface area contributed by atoms with Gasteiger partial charge in [-0.2, -0.15) is 5.10 Å². The van der Waals surface area contributed by atoms with Crippen LogP contribution in [0, 0.1) is 11.3 Å². The lowest BCUT2D eigenvalue weighted by Gasteiger charge is -2.33. The van der Waals surface area contributed by atoms with Gasteiger partial charge in [-0.05, 0) is 35.8 Å². The molecular weight excluding hydrogens is 362 g/mol. The summed E-state index contributed by atoms with van der Waals surface area (Å²) >= 11 is 0. The zero-order chi connectivity index (χ0) is 20.6. The van der Waals surface area contributed by atoms with Crippen LogP contribution >= 0.6 is 0 Å². The van der Waals surface area contributed by atoms with E-state index in [1.807, 2.05) is 30.5 Å². The van der Waals surface area contributed by atoms with Gasteiger partial charge in [-0.15, -0.1) is 0 Å². The van der Waals surface area contributed by atoms with Gasteiger partial charge in [0.05, 0.1) is 34.8 Å². The highest BCUT2D eigenvalue weighted by Crippen LogP contribution is 2.44. The lowest BCUT2D eigenvalue weighted by molar-refractivity contribution is 0.100. The number of carbonyl (C=O) groups excluding carboxylic acids is 1. The number of aromatic nitrogens is 2. The van der Waals surface area contributed by atoms with E-state index in [1.165, 1.54) is 12.0 Å². The second kappa shape index (κ2) is 7.43. The Bertz CT molecular complexity index is 1020. The molecule has 0 aliphatic heterocycles. The molecule has 0 spiro atoms. The molecule has 2 atom stereocenters. The number of rotatable bonds is 6. The molecule has 6 heteroatoms. The Morgan fingerprint density at radius 1 is 1.28 bits per heavy atom. The maximum absolute atomic E-state index is 12.1. The summed E-state index contributed by atoms with van der Waals surface area (Å²) in [5.74, 6) is 0.149. The standard InChI is InChI=1S/C23H29N5O/c1-15-9-10-20(23(15,2)3)27-21-18(22(24)29)13-26-28-14-17(11-19(21)28)25-12-16-7-5-4-6-8-16/h4-8,11,13-15,20,25,27H,9-10,12H2,1-3H3,(H2,24,29)/t15-,20+/m0/s1. The van der Waals surface area contributed by atoms with Gasteiger partial charge in [-0.25, -0.2) is 4.52 Å². The Kier molecular flexibility index (Phi) is 4.94. The fourth-order valence-corrected chi connectivity index (χ4v) is 4.23. The molecule has 29 heavy (non-hydrogen) atoms. The number of anilines is 2. The monoisotopic (exact) mass is 391 g/mol. The van der Waals surface area contributed by atoms with Crippen LogP contribution in [0.25, 0.3) is 5.52 Å². The highest BCUT2D eigenvalue weighted by molar-refractivity contribution is 6.02. The van der Waals surface area contributed by atoms with E-state index in [-0.39, 0.29) is 11.5 Å². The van der Waals surface area contributed by atoms with Crippen molar-refractivity contribution in [3.05, 3.63) is 59.9 Å². The quantitative estimate of drug-likeness (QED) is 0.585. The molecule has 2 aromatic heterocycles. The molecule has 1 aliphatic carbocycles. The van der Waals surface area contributed by atoms with Crippen molar-refractivity contribution in [1.82, 2.24) is 9.61 Å². The molecule has 2 heterocycles. The van der Waals surface area contributed by atoms with Crippen LogP contribution in [0.4, 0.5) is 11.4 Å². The van der Waals surface area contributed by atoms with Crippen molar-refractivity contribution >= 4 is 22.8 Å². The summed E-state index contributed by atoms with van der Waals surface area (Å²) in [6, 6.07) is 12.5. The van der Waals surface area contributed by atoms with Crippen LogP contribution in [0.1, 0.15) is 49.5 Å². The summed E-state index contributed by atoms with van der Waals surface area (Å²) in [5, 5.41) is 11.5. The second-order valence-corrected chi connectivity index (χ2v) is 8.69. The molecular formula is C23H29N5O. The number of fused-ring (bicyclic) bond motifs is 1. The van der Waals surface area contributed by atoms with Gasteiger partial charge in [-0.1, -0.05) is 51.1 Å². The molecule has 152 valence electrons. The molecule has 1 aliphatic rings. The van der Waals surface area contributed by atoms with E-state index in [0.717, 1.165) is 29.9 Å². The van der Waals surface area contributed by atoms with Crippen LogP contribution in [0.2, 0.25) is 0 Å². The molecule has 0 radical (unpaired) electrons. The lowest BCUT2D eigenvalue weighted by Crippen LogP contribution is -2.35. The highest BCUT2D eigenvalue weighted by atomic mass is 16.1. The number of carbonyl (C=O) groups is 1. The largest absolute Gasteiger partial charge is 0.380 e. The molecule has 4 N–H and O–H groups in total. The van der Waals surface area contributed by atoms with Crippen LogP contribution in [0.3, 0.4) is 0 Å². The summed E-state index contributed by atoms with van der Waals surface area (Å²) in [6.07, 6.45) is 5.74. The third kappa shape index (κ3) is 3.67. The van der Waals surface area contributed by atoms with Crippen LogP contribution in [-0.2, 0) is 6.54 Å². The van der Waals surface area contributed by atoms with Crippen LogP contribution in [0.5, 0.6) is 0 Å². The van der Waals surface area contributed by atoms with E-state index in [9.17, 15) is 4.79 Å². The minimum absolute atomic E-state index is 0.135. The molecule has 1 aromatic carbocycles. The normalized spacial score (nSPS) is 20.7. The average molecular weight is 392 g/mol. The van der Waals surface area contributed by atoms with Gasteiger partial charge in [0.15, 0.2) is 0 Å². The summed E-state index contributed by atoms with van der Waals surface area (Å²) < 4.78 is 1.80. The van der Waals surface area contributed by atoms with Crippen LogP contribution < -0.4 is 16.4 Å². The molecule has 0 saturated heterocycles. The van der Waals surface area contributed by atoms with E-state index < -0.39 is 5.91 Å². The minimum atomic E-state index is -0.466. The van der Waals surface area contributed by atoms with Crippen molar-refractivity contribution < 1.29 is 4.79 Å². The van der Waals surface area contributed by atoms with Gasteiger partial charge in [0.2, 0.25) is 0 Å². The van der Waals surface area contributed by atoms with Gasteiger partial charge in [0.25, 0.3) is 5.91 Å². The van der Waals surface area contributed by atoms with E-state index in [0.29, 0.717) is 11.5 Å². The summed E-state index contributed by atoms with van der Waals surface area (Å²) in [7, 11) is 0. The molecule has 1 saturated carbocycles. The first-order chi connectivity index (χ1) is 13.9. The Morgan fingerprint density at radius 2 is 2.03 bits per heavy atom. The molecule has 4 rings (SSSR count). The van der Waals surface area contributed by atoms with Crippen LogP contribution in [-0.4, -0.2) is 21.6 Å². The highest BCUT2D eigenvalue weighted by Gasteiger charge is 2.41. The maximum atomic E-state index is 12.1. The van der Waals surface area contributed by atoms with E-state index in [1.54, 1.807) is 10.7 Å². The maximum Gasteiger partial charge on any atom is 0.252 e. The second-order valence-electron chi connectivity index (χ2n) is 8.69. The van der Waals surface area contributed by atoms with Crippen molar-refractivity contribution in [1.29, 1.82) is 0 Å². The number of hydrogen-bond acceptors (Lipinski definition) is 4. The fourth-order valence-electron chi connectivity index (χ4n) is 4.23. The van der Waals surface area contributed by atoms with Gasteiger partial charge in [-0.3, -0.25) is 4.79 Å². The van der Waals surface area contributed by atoms with Crippen molar-refractivity contribution in [3.8, 4) is 0 Å². The number of hydrogen-bond donors (Lipinski definition) is 3. The zero-order valence-electron chi connectivity index (χ0n) is 17.3. The predicted octanol–water partition coefficient (Wildman–Crippen LogP) is 4.28. The Morgan fingerprint density at radius 3 is 2.69 bits per heavy atom. The predicted molar refractivity (Wildman–Crippen MR) is 117 cm³/mol. The average Bonchev–Trinajstić information content (AvgIpc) is 3.23. The minimum Gasteiger partial charge on any atom is -0.380 e. The summed E-state index contributed by atoms with van der Waals surface area (Å²) in [6.45, 7) is 7.59. The van der Waals surface area contributed by atoms with Crippen LogP contribution in [0.15, 0.2) is 48.8 Å². The fraction of sp³-hybridized carbons (Fsp3) is 0.391. The van der Waals surface area contributed by atoms with Gasteiger partial charge in [0.1, 0.15) is 0 Å². The summed E-state index contributed by atoms with van der Waals surface area (Å²) in [5.41, 5.74) is 10.0. The first-order valence-corrected chi connectivity index (χ1v) is 10.2. The molecule has 0 bridgehead atoms. The van der Waals surface area contributed by atoms with E-state index in [4.69, 9.17) is 5.73 Å².